The number of carbonyl (C=O) groups excluding carboxylic acids is 2. The van der Waals surface area contributed by atoms with Gasteiger partial charge >= 0.3 is 12.1 Å². The van der Waals surface area contributed by atoms with Crippen LogP contribution in [0.3, 0.4) is 0 Å². The molecule has 0 aromatic rings. The second kappa shape index (κ2) is 9.71. The molecule has 0 aromatic heterocycles. The van der Waals surface area contributed by atoms with Gasteiger partial charge in [-0.1, -0.05) is 11.6 Å². The van der Waals surface area contributed by atoms with Gasteiger partial charge in [-0.05, 0) is 67.3 Å². The van der Waals surface area contributed by atoms with Gasteiger partial charge in [-0.3, -0.25) is 9.69 Å². The van der Waals surface area contributed by atoms with Crippen LogP contribution in [0.4, 0.5) is 4.79 Å². The molecule has 0 saturated heterocycles. The van der Waals surface area contributed by atoms with Gasteiger partial charge in [0.25, 0.3) is 0 Å². The average molecular weight is 359 g/mol. The van der Waals surface area contributed by atoms with Gasteiger partial charge in [0, 0.05) is 6.54 Å². The van der Waals surface area contributed by atoms with E-state index < -0.39 is 17.3 Å². The van der Waals surface area contributed by atoms with Gasteiger partial charge in [-0.25, -0.2) is 9.19 Å². The molecular weight excluding hydrogens is 328 g/mol. The minimum absolute atomic E-state index is 0.0819. The quantitative estimate of drug-likeness (QED) is 0.234. The Morgan fingerprint density at radius 2 is 1.58 bits per heavy atom. The summed E-state index contributed by atoms with van der Waals surface area (Å²) in [5.41, 5.74) is -0.0242. The molecule has 0 rings (SSSR count). The van der Waals surface area contributed by atoms with Gasteiger partial charge in [-0.2, -0.15) is 0 Å². The minimum atomic E-state index is -0.586. The lowest BCUT2D eigenvalue weighted by atomic mass is 10.2. The van der Waals surface area contributed by atoms with Crippen LogP contribution in [-0.4, -0.2) is 46.8 Å². The molecule has 1 amide bonds. The Bertz CT molecular complexity index is 484. The van der Waals surface area contributed by atoms with E-state index in [4.69, 9.17) is 9.47 Å². The zero-order valence-electron chi connectivity index (χ0n) is 16.0. The van der Waals surface area contributed by atoms with Crippen molar-refractivity contribution in [1.82, 2.24) is 4.90 Å². The Morgan fingerprint density at radius 3 is 2.04 bits per heavy atom. The number of allylic oxidation sites excluding steroid dienone is 1. The third kappa shape index (κ3) is 13.0. The van der Waals surface area contributed by atoms with Crippen LogP contribution in [0.15, 0.2) is 16.0 Å². The third-order valence-electron chi connectivity index (χ3n) is 2.19. The van der Waals surface area contributed by atoms with Crippen molar-refractivity contribution in [1.29, 1.82) is 0 Å². The molecule has 0 bridgehead atoms. The largest absolute Gasteiger partial charge is 0.459 e. The van der Waals surface area contributed by atoms with Crippen LogP contribution in [0.2, 0.25) is 0 Å². The molecule has 0 saturated carbocycles. The highest BCUT2D eigenvalue weighted by Crippen LogP contribution is 2.12. The minimum Gasteiger partial charge on any atom is -0.459 e. The fourth-order valence-corrected chi connectivity index (χ4v) is 1.74. The van der Waals surface area contributed by atoms with Crippen molar-refractivity contribution in [3.8, 4) is 0 Å². The SMILES string of the molecule is CC(C)=CCN(/C=N/SCC(=O)OC(C)(C)C)C(=O)OC(C)(C)C. The van der Waals surface area contributed by atoms with E-state index in [1.54, 1.807) is 20.8 Å². The van der Waals surface area contributed by atoms with Crippen molar-refractivity contribution in [2.45, 2.75) is 66.6 Å². The second-order valence-electron chi connectivity index (χ2n) is 7.49. The Kier molecular flexibility index (Phi) is 9.11. The normalized spacial score (nSPS) is 12.0. The van der Waals surface area contributed by atoms with Gasteiger partial charge in [0.05, 0.1) is 0 Å². The number of nitrogens with zero attached hydrogens (tertiary/aromatic N) is 2. The summed E-state index contributed by atoms with van der Waals surface area (Å²) in [7, 11) is 0. The Balaban J connectivity index is 4.67. The van der Waals surface area contributed by atoms with Crippen molar-refractivity contribution in [3.63, 3.8) is 0 Å². The molecule has 0 aliphatic rings. The first-order chi connectivity index (χ1) is 10.8. The van der Waals surface area contributed by atoms with E-state index in [0.717, 1.165) is 17.5 Å². The predicted molar refractivity (Wildman–Crippen MR) is 99.2 cm³/mol. The Hall–Kier alpha value is -1.50. The summed E-state index contributed by atoms with van der Waals surface area (Å²) in [6.07, 6.45) is 2.79. The van der Waals surface area contributed by atoms with E-state index in [-0.39, 0.29) is 11.7 Å². The summed E-state index contributed by atoms with van der Waals surface area (Å²) in [6, 6.07) is 0. The molecule has 0 spiro atoms. The molecular formula is C17H30N2O4S. The van der Waals surface area contributed by atoms with Crippen molar-refractivity contribution >= 4 is 30.3 Å². The number of hydrogen-bond acceptors (Lipinski definition) is 6. The fourth-order valence-electron chi connectivity index (χ4n) is 1.32. The zero-order chi connectivity index (χ0) is 19.0. The highest BCUT2D eigenvalue weighted by molar-refractivity contribution is 7.98. The Labute approximate surface area is 149 Å². The summed E-state index contributed by atoms with van der Waals surface area (Å²) < 4.78 is 14.6. The van der Waals surface area contributed by atoms with Crippen LogP contribution in [0, 0.1) is 0 Å². The number of esters is 1. The van der Waals surface area contributed by atoms with Crippen molar-refractivity contribution < 1.29 is 19.1 Å². The molecule has 0 radical (unpaired) electrons. The van der Waals surface area contributed by atoms with Crippen LogP contribution < -0.4 is 0 Å². The molecule has 0 N–H and O–H groups in total. The number of rotatable bonds is 6. The average Bonchev–Trinajstić information content (AvgIpc) is 2.32. The smallest absolute Gasteiger partial charge is 0.415 e. The highest BCUT2D eigenvalue weighted by atomic mass is 32.2. The first kappa shape index (κ1) is 22.5. The van der Waals surface area contributed by atoms with Crippen LogP contribution in [0.25, 0.3) is 0 Å². The lowest BCUT2D eigenvalue weighted by molar-refractivity contribution is -0.151. The molecule has 6 nitrogen and oxygen atoms in total. The maximum Gasteiger partial charge on any atom is 0.415 e. The molecule has 0 aliphatic heterocycles. The zero-order valence-corrected chi connectivity index (χ0v) is 16.8. The molecule has 7 heteroatoms. The van der Waals surface area contributed by atoms with E-state index in [2.05, 4.69) is 4.40 Å². The monoisotopic (exact) mass is 358 g/mol. The standard InChI is InChI=1S/C17H30N2O4S/c1-13(2)9-10-19(15(21)23-17(6,7)8)12-18-24-11-14(20)22-16(3,4)5/h9,12H,10-11H2,1-8H3/b18-12+. The van der Waals surface area contributed by atoms with E-state index in [9.17, 15) is 9.59 Å². The van der Waals surface area contributed by atoms with Crippen LogP contribution in [0.1, 0.15) is 55.4 Å². The van der Waals surface area contributed by atoms with E-state index in [0.29, 0.717) is 6.54 Å². The lowest BCUT2D eigenvalue weighted by Gasteiger charge is -2.24. The van der Waals surface area contributed by atoms with E-state index in [1.807, 2.05) is 40.7 Å². The highest BCUT2D eigenvalue weighted by Gasteiger charge is 2.20. The molecule has 0 aliphatic carbocycles. The summed E-state index contributed by atoms with van der Waals surface area (Å²) in [5.74, 6) is -0.267. The summed E-state index contributed by atoms with van der Waals surface area (Å²) in [6.45, 7) is 15.1. The third-order valence-corrected chi connectivity index (χ3v) is 2.80. The molecule has 24 heavy (non-hydrogen) atoms. The molecule has 0 fully saturated rings. The second-order valence-corrected chi connectivity index (χ2v) is 8.25. The van der Waals surface area contributed by atoms with Gasteiger partial charge in [0.1, 0.15) is 23.3 Å². The fraction of sp³-hybridized carbons (Fsp3) is 0.706. The maximum absolute atomic E-state index is 12.2. The summed E-state index contributed by atoms with van der Waals surface area (Å²) >= 11 is 1.02. The molecule has 0 unspecified atom stereocenters. The van der Waals surface area contributed by atoms with E-state index in [1.165, 1.54) is 11.2 Å². The topological polar surface area (TPSA) is 68.2 Å². The van der Waals surface area contributed by atoms with Crippen LogP contribution in [-0.2, 0) is 14.3 Å². The van der Waals surface area contributed by atoms with Crippen LogP contribution in [0.5, 0.6) is 0 Å². The van der Waals surface area contributed by atoms with Crippen molar-refractivity contribution in [2.75, 3.05) is 12.3 Å². The summed E-state index contributed by atoms with van der Waals surface area (Å²) in [5, 5.41) is 0. The molecule has 0 atom stereocenters. The number of amides is 1. The number of hydrogen-bond donors (Lipinski definition) is 0. The van der Waals surface area contributed by atoms with Gasteiger partial charge < -0.3 is 9.47 Å². The molecule has 0 aromatic carbocycles. The van der Waals surface area contributed by atoms with Gasteiger partial charge in [-0.15, -0.1) is 0 Å². The van der Waals surface area contributed by atoms with Crippen molar-refractivity contribution in [3.05, 3.63) is 11.6 Å². The first-order valence-corrected chi connectivity index (χ1v) is 8.75. The molecule has 138 valence electrons. The maximum atomic E-state index is 12.2. The number of ether oxygens (including phenoxy) is 2. The van der Waals surface area contributed by atoms with Gasteiger partial charge in [0.15, 0.2) is 0 Å². The van der Waals surface area contributed by atoms with Crippen LogP contribution >= 0.6 is 11.9 Å². The lowest BCUT2D eigenvalue weighted by Crippen LogP contribution is -2.36. The summed E-state index contributed by atoms with van der Waals surface area (Å²) in [4.78, 5) is 25.1. The van der Waals surface area contributed by atoms with Gasteiger partial charge in [0.2, 0.25) is 0 Å². The predicted octanol–water partition coefficient (Wildman–Crippen LogP) is 4.21. The number of carbonyl (C=O) groups is 2. The van der Waals surface area contributed by atoms with Crippen molar-refractivity contribution in [2.24, 2.45) is 4.40 Å². The molecule has 0 heterocycles. The Morgan fingerprint density at radius 1 is 1.04 bits per heavy atom. The first-order valence-electron chi connectivity index (χ1n) is 7.80. The van der Waals surface area contributed by atoms with E-state index >= 15 is 0 Å².